The minimum absolute atomic E-state index is 1.14. The Bertz CT molecular complexity index is 55.8. The molecule has 2 N–H and O–H groups in total. The summed E-state index contributed by atoms with van der Waals surface area (Å²) in [6, 6.07) is 0. The standard InChI is InChI=1S/C2H9BNP/c1-5(2,3)4/h3H,4H2,1-2H3. The van der Waals surface area contributed by atoms with E-state index in [4.69, 9.17) is 5.50 Å². The zero-order valence-electron chi connectivity index (χ0n) is 3.73. The van der Waals surface area contributed by atoms with Crippen molar-refractivity contribution in [2.24, 2.45) is 5.50 Å². The molecular formula is C2H9BNP. The van der Waals surface area contributed by atoms with Crippen LogP contribution in [0.1, 0.15) is 0 Å². The van der Waals surface area contributed by atoms with E-state index < -0.39 is 6.90 Å². The van der Waals surface area contributed by atoms with Gasteiger partial charge in [-0.3, -0.25) is 0 Å². The summed E-state index contributed by atoms with van der Waals surface area (Å²) in [7, 11) is 3.66. The molecule has 1 nitrogen and oxygen atoms in total. The van der Waals surface area contributed by atoms with Gasteiger partial charge in [0.2, 0.25) is 0 Å². The second-order valence-electron chi connectivity index (χ2n) is 1.78. The molecule has 0 saturated carbocycles. The molecule has 0 aromatic rings. The van der Waals surface area contributed by atoms with Crippen molar-refractivity contribution in [2.45, 2.75) is 0 Å². The van der Waals surface area contributed by atoms with E-state index in [0.717, 1.165) is 0 Å². The Labute approximate surface area is 33.9 Å². The molecule has 30 valence electrons. The second kappa shape index (κ2) is 1.28. The van der Waals surface area contributed by atoms with Crippen LogP contribution in [0.3, 0.4) is 0 Å². The van der Waals surface area contributed by atoms with E-state index in [0.29, 0.717) is 0 Å². The fourth-order valence-corrected chi connectivity index (χ4v) is 0. The van der Waals surface area contributed by atoms with Crippen LogP contribution >= 0.6 is 6.90 Å². The fraction of sp³-hybridized carbons (Fsp3) is 1.00. The van der Waals surface area contributed by atoms with Gasteiger partial charge in [0.25, 0.3) is 0 Å². The van der Waals surface area contributed by atoms with Gasteiger partial charge in [0.05, 0.1) is 0 Å². The Hall–Kier alpha value is 0.455. The summed E-state index contributed by atoms with van der Waals surface area (Å²) in [6.45, 7) is 2.79. The normalized spacial score (nSPS) is 11.6. The van der Waals surface area contributed by atoms with Crippen molar-refractivity contribution < 1.29 is 0 Å². The summed E-state index contributed by atoms with van der Waals surface area (Å²) < 4.78 is 0. The predicted molar refractivity (Wildman–Crippen MR) is 30.1 cm³/mol. The molecular weight excluding hydrogens is 79.8 g/mol. The number of nitrogens with two attached hydrogens (primary N) is 1. The Morgan fingerprint density at radius 1 is 1.60 bits per heavy atom. The van der Waals surface area contributed by atoms with Crippen molar-refractivity contribution in [1.29, 1.82) is 0 Å². The zero-order chi connectivity index (χ0) is 4.50. The quantitative estimate of drug-likeness (QED) is 0.327. The molecule has 0 aromatic heterocycles. The molecule has 0 heterocycles. The van der Waals surface area contributed by atoms with Crippen molar-refractivity contribution in [3.63, 3.8) is 0 Å². The van der Waals surface area contributed by atoms with E-state index >= 15 is 0 Å². The Kier molecular flexibility index (Phi) is 1.39. The van der Waals surface area contributed by atoms with E-state index in [9.17, 15) is 0 Å². The Morgan fingerprint density at radius 2 is 1.60 bits per heavy atom. The van der Waals surface area contributed by atoms with Gasteiger partial charge in [-0.2, -0.15) is 0 Å². The Balaban J connectivity index is 3.47. The zero-order valence-corrected chi connectivity index (χ0v) is 4.63. The second-order valence-corrected chi connectivity index (χ2v) is 5.34. The Morgan fingerprint density at radius 3 is 1.60 bits per heavy atom. The number of hydrogen-bond donors (Lipinski definition) is 1. The molecule has 0 aliphatic rings. The van der Waals surface area contributed by atoms with Crippen LogP contribution in [0.25, 0.3) is 0 Å². The summed E-state index contributed by atoms with van der Waals surface area (Å²) in [5.74, 6) is 0. The molecule has 0 rings (SSSR count). The van der Waals surface area contributed by atoms with Gasteiger partial charge in [0, 0.05) is 0 Å². The SMILES string of the molecule is B=P(C)(C)N. The topological polar surface area (TPSA) is 26.0 Å². The molecule has 0 fully saturated rings. The molecule has 0 unspecified atom stereocenters. The summed E-state index contributed by atoms with van der Waals surface area (Å²) in [5.41, 5.74) is 5.35. The van der Waals surface area contributed by atoms with E-state index in [-0.39, 0.29) is 0 Å². The minimum atomic E-state index is -1.14. The third kappa shape index (κ3) is 130. The van der Waals surface area contributed by atoms with Crippen LogP contribution in [0.15, 0.2) is 0 Å². The van der Waals surface area contributed by atoms with E-state index in [2.05, 4.69) is 7.18 Å². The van der Waals surface area contributed by atoms with Crippen LogP contribution in [0.4, 0.5) is 0 Å². The maximum absolute atomic E-state index is 5.35. The van der Waals surface area contributed by atoms with Crippen LogP contribution in [0.2, 0.25) is 0 Å². The van der Waals surface area contributed by atoms with Crippen molar-refractivity contribution >= 4 is 14.1 Å². The summed E-state index contributed by atoms with van der Waals surface area (Å²) in [6.07, 6.45) is 0. The van der Waals surface area contributed by atoms with Crippen molar-refractivity contribution in [3.05, 3.63) is 0 Å². The van der Waals surface area contributed by atoms with Gasteiger partial charge in [0.15, 0.2) is 0 Å². The third-order valence-electron chi connectivity index (χ3n) is 0. The molecule has 0 atom stereocenters. The molecule has 0 saturated heterocycles. The van der Waals surface area contributed by atoms with Gasteiger partial charge in [-0.25, -0.2) is 0 Å². The number of rotatable bonds is 0. The first-order chi connectivity index (χ1) is 2.00. The summed E-state index contributed by atoms with van der Waals surface area (Å²) in [4.78, 5) is 0. The van der Waals surface area contributed by atoms with E-state index in [1.165, 1.54) is 0 Å². The number of hydrogen-bond acceptors (Lipinski definition) is 1. The molecule has 0 radical (unpaired) electrons. The first-order valence-electron chi connectivity index (χ1n) is 1.47. The van der Waals surface area contributed by atoms with Gasteiger partial charge < -0.3 is 0 Å². The van der Waals surface area contributed by atoms with Gasteiger partial charge in [-0.05, 0) is 0 Å². The van der Waals surface area contributed by atoms with Gasteiger partial charge in [-0.15, -0.1) is 0 Å². The predicted octanol–water partition coefficient (Wildman–Crippen LogP) is -0.0469. The summed E-state index contributed by atoms with van der Waals surface area (Å²) in [5, 5.41) is 0. The first kappa shape index (κ1) is 5.45. The van der Waals surface area contributed by atoms with Gasteiger partial charge in [0.1, 0.15) is 0 Å². The van der Waals surface area contributed by atoms with Crippen molar-refractivity contribution in [1.82, 2.24) is 0 Å². The van der Waals surface area contributed by atoms with Crippen LogP contribution in [0, 0.1) is 0 Å². The summed E-state index contributed by atoms with van der Waals surface area (Å²) >= 11 is 0. The van der Waals surface area contributed by atoms with Crippen LogP contribution in [-0.4, -0.2) is 20.5 Å². The monoisotopic (exact) mass is 89.1 g/mol. The molecule has 0 bridgehead atoms. The molecule has 0 spiro atoms. The molecule has 5 heavy (non-hydrogen) atoms. The third-order valence-corrected chi connectivity index (χ3v) is 0. The average Bonchev–Trinajstić information content (AvgIpc) is 0.722. The van der Waals surface area contributed by atoms with Crippen LogP contribution < -0.4 is 5.50 Å². The molecule has 0 amide bonds. The van der Waals surface area contributed by atoms with Gasteiger partial charge in [-0.1, -0.05) is 0 Å². The van der Waals surface area contributed by atoms with Gasteiger partial charge >= 0.3 is 32.9 Å². The molecule has 0 aliphatic carbocycles. The fourth-order valence-electron chi connectivity index (χ4n) is 0. The first-order valence-corrected chi connectivity index (χ1v) is 4.41. The maximum atomic E-state index is 5.35. The van der Waals surface area contributed by atoms with E-state index in [1.807, 2.05) is 13.3 Å². The van der Waals surface area contributed by atoms with Crippen molar-refractivity contribution in [3.8, 4) is 0 Å². The molecule has 0 aliphatic heterocycles. The van der Waals surface area contributed by atoms with Crippen molar-refractivity contribution in [2.75, 3.05) is 13.3 Å². The van der Waals surface area contributed by atoms with Crippen LogP contribution in [0.5, 0.6) is 0 Å². The van der Waals surface area contributed by atoms with E-state index in [1.54, 1.807) is 0 Å². The van der Waals surface area contributed by atoms with Crippen LogP contribution in [-0.2, 0) is 0 Å². The molecule has 3 heteroatoms. The molecule has 0 aromatic carbocycles. The average molecular weight is 88.9 g/mol.